The number of benzene rings is 1. The van der Waals surface area contributed by atoms with Crippen LogP contribution in [0.1, 0.15) is 23.6 Å². The molecule has 0 radical (unpaired) electrons. The summed E-state index contributed by atoms with van der Waals surface area (Å²) in [6.07, 6.45) is 1.06. The van der Waals surface area contributed by atoms with Gasteiger partial charge in [0.1, 0.15) is 0 Å². The van der Waals surface area contributed by atoms with Crippen LogP contribution in [0.5, 0.6) is 0 Å². The Hall–Kier alpha value is -0.490. The summed E-state index contributed by atoms with van der Waals surface area (Å²) in [5.74, 6) is 0. The molecule has 0 amide bonds. The zero-order chi connectivity index (χ0) is 8.43. The second-order valence-electron chi connectivity index (χ2n) is 2.88. The van der Waals surface area contributed by atoms with Gasteiger partial charge in [-0.1, -0.05) is 24.6 Å². The van der Waals surface area contributed by atoms with E-state index >= 15 is 0 Å². The molecule has 1 aromatic rings. The highest BCUT2D eigenvalue weighted by molar-refractivity contribution is 6.31. The molecule has 0 heterocycles. The molecule has 60 valence electrons. The Morgan fingerprint density at radius 3 is 2.45 bits per heavy atom. The lowest BCUT2D eigenvalue weighted by molar-refractivity contribution is 1.10. The highest BCUT2D eigenvalue weighted by atomic mass is 35.5. The van der Waals surface area contributed by atoms with Crippen molar-refractivity contribution >= 4 is 11.6 Å². The van der Waals surface area contributed by atoms with Crippen molar-refractivity contribution in [2.75, 3.05) is 0 Å². The number of aryl methyl sites for hydroxylation is 2. The van der Waals surface area contributed by atoms with Crippen molar-refractivity contribution in [2.24, 2.45) is 0 Å². The van der Waals surface area contributed by atoms with Crippen LogP contribution in [0.2, 0.25) is 5.02 Å². The fourth-order valence-electron chi connectivity index (χ4n) is 1.25. The average Bonchev–Trinajstić information content (AvgIpc) is 1.96. The highest BCUT2D eigenvalue weighted by Crippen LogP contribution is 2.21. The van der Waals surface area contributed by atoms with Crippen molar-refractivity contribution in [3.8, 4) is 0 Å². The third-order valence-electron chi connectivity index (χ3n) is 1.98. The van der Waals surface area contributed by atoms with E-state index in [1.807, 2.05) is 6.07 Å². The van der Waals surface area contributed by atoms with E-state index in [0.29, 0.717) is 0 Å². The van der Waals surface area contributed by atoms with E-state index in [0.717, 1.165) is 11.4 Å². The molecule has 1 heteroatoms. The average molecular weight is 169 g/mol. The van der Waals surface area contributed by atoms with E-state index in [4.69, 9.17) is 11.6 Å². The van der Waals surface area contributed by atoms with E-state index in [1.54, 1.807) is 0 Å². The summed E-state index contributed by atoms with van der Waals surface area (Å²) in [6, 6.07) is 4.21. The summed E-state index contributed by atoms with van der Waals surface area (Å²) in [4.78, 5) is 0. The van der Waals surface area contributed by atoms with Gasteiger partial charge >= 0.3 is 0 Å². The molecule has 1 aromatic carbocycles. The molecule has 0 unspecified atom stereocenters. The Morgan fingerprint density at radius 2 is 1.91 bits per heavy atom. The SMILES string of the molecule is CCc1cc(C)cc(Cl)c1C. The molecule has 0 spiro atoms. The molecule has 1 rings (SSSR count). The van der Waals surface area contributed by atoms with E-state index in [2.05, 4.69) is 26.8 Å². The molecule has 0 saturated heterocycles. The molecule has 0 atom stereocenters. The van der Waals surface area contributed by atoms with E-state index in [1.165, 1.54) is 16.7 Å². The van der Waals surface area contributed by atoms with Crippen LogP contribution in [0.3, 0.4) is 0 Å². The van der Waals surface area contributed by atoms with Gasteiger partial charge in [0.15, 0.2) is 0 Å². The van der Waals surface area contributed by atoms with Crippen LogP contribution in [-0.4, -0.2) is 0 Å². The van der Waals surface area contributed by atoms with Gasteiger partial charge in [0.25, 0.3) is 0 Å². The maximum atomic E-state index is 6.00. The van der Waals surface area contributed by atoms with E-state index in [-0.39, 0.29) is 0 Å². The van der Waals surface area contributed by atoms with Gasteiger partial charge in [-0.25, -0.2) is 0 Å². The van der Waals surface area contributed by atoms with Crippen LogP contribution < -0.4 is 0 Å². The van der Waals surface area contributed by atoms with Crippen LogP contribution >= 0.6 is 11.6 Å². The van der Waals surface area contributed by atoms with Crippen LogP contribution in [0, 0.1) is 13.8 Å². The predicted octanol–water partition coefficient (Wildman–Crippen LogP) is 3.52. The normalized spacial score (nSPS) is 10.2. The Labute approximate surface area is 73.2 Å². The van der Waals surface area contributed by atoms with Gasteiger partial charge in [0.05, 0.1) is 0 Å². The van der Waals surface area contributed by atoms with Crippen LogP contribution in [0.4, 0.5) is 0 Å². The molecular formula is C10H13Cl. The molecule has 0 aliphatic heterocycles. The minimum absolute atomic E-state index is 0.891. The van der Waals surface area contributed by atoms with Gasteiger partial charge in [0.2, 0.25) is 0 Å². The standard InChI is InChI=1S/C10H13Cl/c1-4-9-5-7(2)6-10(11)8(9)3/h5-6H,4H2,1-3H3. The molecule has 0 saturated carbocycles. The summed E-state index contributed by atoms with van der Waals surface area (Å²) in [7, 11) is 0. The summed E-state index contributed by atoms with van der Waals surface area (Å²) < 4.78 is 0. The highest BCUT2D eigenvalue weighted by Gasteiger charge is 2.00. The molecule has 0 bridgehead atoms. The van der Waals surface area contributed by atoms with Crippen LogP contribution in [-0.2, 0) is 6.42 Å². The summed E-state index contributed by atoms with van der Waals surface area (Å²) in [5, 5.41) is 0.891. The van der Waals surface area contributed by atoms with Gasteiger partial charge in [-0.05, 0) is 43.0 Å². The van der Waals surface area contributed by atoms with E-state index < -0.39 is 0 Å². The number of halogens is 1. The number of rotatable bonds is 1. The Balaban J connectivity index is 3.24. The first-order valence-corrected chi connectivity index (χ1v) is 4.28. The van der Waals surface area contributed by atoms with Crippen molar-refractivity contribution in [3.63, 3.8) is 0 Å². The van der Waals surface area contributed by atoms with Gasteiger partial charge in [-0.3, -0.25) is 0 Å². The quantitative estimate of drug-likeness (QED) is 0.602. The molecule has 0 aliphatic rings. The molecular weight excluding hydrogens is 156 g/mol. The summed E-state index contributed by atoms with van der Waals surface area (Å²) in [6.45, 7) is 6.29. The summed E-state index contributed by atoms with van der Waals surface area (Å²) in [5.41, 5.74) is 3.83. The van der Waals surface area contributed by atoms with Crippen LogP contribution in [0.25, 0.3) is 0 Å². The topological polar surface area (TPSA) is 0 Å². The lowest BCUT2D eigenvalue weighted by atomic mass is 10.0. The minimum Gasteiger partial charge on any atom is -0.0840 e. The zero-order valence-electron chi connectivity index (χ0n) is 7.24. The predicted molar refractivity (Wildman–Crippen MR) is 50.3 cm³/mol. The van der Waals surface area contributed by atoms with Crippen molar-refractivity contribution in [1.29, 1.82) is 0 Å². The Morgan fingerprint density at radius 1 is 1.27 bits per heavy atom. The van der Waals surface area contributed by atoms with Crippen molar-refractivity contribution < 1.29 is 0 Å². The first-order valence-electron chi connectivity index (χ1n) is 3.90. The van der Waals surface area contributed by atoms with Gasteiger partial charge < -0.3 is 0 Å². The lowest BCUT2D eigenvalue weighted by Crippen LogP contribution is -1.88. The van der Waals surface area contributed by atoms with Crippen molar-refractivity contribution in [1.82, 2.24) is 0 Å². The second kappa shape index (κ2) is 3.27. The molecule has 0 aromatic heterocycles. The number of hydrogen-bond donors (Lipinski definition) is 0. The molecule has 0 nitrogen and oxygen atoms in total. The number of hydrogen-bond acceptors (Lipinski definition) is 0. The van der Waals surface area contributed by atoms with Crippen LogP contribution in [0.15, 0.2) is 12.1 Å². The van der Waals surface area contributed by atoms with Gasteiger partial charge in [0, 0.05) is 5.02 Å². The third-order valence-corrected chi connectivity index (χ3v) is 2.37. The zero-order valence-corrected chi connectivity index (χ0v) is 8.00. The first-order chi connectivity index (χ1) is 5.15. The largest absolute Gasteiger partial charge is 0.0840 e. The fourth-order valence-corrected chi connectivity index (χ4v) is 1.55. The lowest BCUT2D eigenvalue weighted by Gasteiger charge is -2.06. The van der Waals surface area contributed by atoms with Gasteiger partial charge in [-0.15, -0.1) is 0 Å². The molecule has 0 N–H and O–H groups in total. The minimum atomic E-state index is 0.891. The second-order valence-corrected chi connectivity index (χ2v) is 3.29. The maximum absolute atomic E-state index is 6.00. The Bertz CT molecular complexity index is 264. The molecule has 0 aliphatic carbocycles. The van der Waals surface area contributed by atoms with Crippen molar-refractivity contribution in [3.05, 3.63) is 33.8 Å². The smallest absolute Gasteiger partial charge is 0.0440 e. The molecule has 0 fully saturated rings. The fraction of sp³-hybridized carbons (Fsp3) is 0.400. The molecule has 11 heavy (non-hydrogen) atoms. The monoisotopic (exact) mass is 168 g/mol. The maximum Gasteiger partial charge on any atom is 0.0440 e. The summed E-state index contributed by atoms with van der Waals surface area (Å²) >= 11 is 6.00. The Kier molecular flexibility index (Phi) is 2.56. The van der Waals surface area contributed by atoms with Gasteiger partial charge in [-0.2, -0.15) is 0 Å². The van der Waals surface area contributed by atoms with Crippen molar-refractivity contribution in [2.45, 2.75) is 27.2 Å². The first kappa shape index (κ1) is 8.61. The van der Waals surface area contributed by atoms with E-state index in [9.17, 15) is 0 Å². The third kappa shape index (κ3) is 1.75.